The molecule has 25 heavy (non-hydrogen) atoms. The molecule has 134 valence electrons. The Balaban J connectivity index is 1.49. The molecule has 1 N–H and O–H groups in total. The third-order valence-electron chi connectivity index (χ3n) is 5.65. The Morgan fingerprint density at radius 1 is 1.24 bits per heavy atom. The first-order valence-corrected chi connectivity index (χ1v) is 9.70. The number of pyridine rings is 1. The molecule has 2 saturated carbocycles. The van der Waals surface area contributed by atoms with E-state index in [1.165, 1.54) is 20.0 Å². The van der Waals surface area contributed by atoms with Crippen molar-refractivity contribution in [2.75, 3.05) is 25.1 Å². The lowest BCUT2D eigenvalue weighted by Gasteiger charge is -2.22. The Labute approximate surface area is 150 Å². The number of rotatable bonds is 5. The van der Waals surface area contributed by atoms with E-state index in [4.69, 9.17) is 4.74 Å². The molecule has 7 heteroatoms. The number of methoxy groups -OCH3 is 1. The number of aromatic carboxylic acids is 1. The Hall–Kier alpha value is -1.76. The number of carbonyl (C=O) groups excluding carboxylic acids is 1. The summed E-state index contributed by atoms with van der Waals surface area (Å²) in [6.07, 6.45) is 4.68. The fourth-order valence-electron chi connectivity index (χ4n) is 4.22. The number of hydrogen-bond acceptors (Lipinski definition) is 6. The molecular weight excluding hydrogens is 340 g/mol. The number of hydrogen-bond donors (Lipinski definition) is 1. The van der Waals surface area contributed by atoms with Gasteiger partial charge < -0.3 is 14.7 Å². The maximum absolute atomic E-state index is 11.7. The summed E-state index contributed by atoms with van der Waals surface area (Å²) < 4.78 is 4.85. The molecule has 0 spiro atoms. The van der Waals surface area contributed by atoms with Gasteiger partial charge in [0.2, 0.25) is 0 Å². The topological polar surface area (TPSA) is 79.7 Å². The Morgan fingerprint density at radius 2 is 1.92 bits per heavy atom. The number of aromatic nitrogens is 1. The summed E-state index contributed by atoms with van der Waals surface area (Å²) in [6.45, 7) is 1.58. The molecule has 4 rings (SSSR count). The van der Waals surface area contributed by atoms with E-state index in [0.29, 0.717) is 22.1 Å². The molecule has 1 aromatic rings. The number of ether oxygens (including phenoxy) is 1. The van der Waals surface area contributed by atoms with Crippen LogP contribution in [0.15, 0.2) is 17.2 Å². The van der Waals surface area contributed by atoms with Gasteiger partial charge in [0.15, 0.2) is 0 Å². The molecule has 0 bridgehead atoms. The summed E-state index contributed by atoms with van der Waals surface area (Å²) in [5.41, 5.74) is 0.289. The maximum atomic E-state index is 11.7. The first kappa shape index (κ1) is 16.7. The van der Waals surface area contributed by atoms with Crippen LogP contribution >= 0.6 is 11.8 Å². The number of carboxylic acids is 1. The van der Waals surface area contributed by atoms with Gasteiger partial charge in [-0.25, -0.2) is 9.78 Å². The standard InChI is InChI=1S/C18H22N2O4S/c1-24-18(23)15-12-8-20(9-13(12)15)14-7-6-11(17(21)22)16(19-14)25-10-4-2-3-5-10/h6-7,10,12-13,15H,2-5,8-9H2,1H3,(H,21,22)/t12-,13+,15?. The van der Waals surface area contributed by atoms with E-state index in [0.717, 1.165) is 31.7 Å². The minimum Gasteiger partial charge on any atom is -0.478 e. The smallest absolute Gasteiger partial charge is 0.338 e. The zero-order chi connectivity index (χ0) is 17.6. The van der Waals surface area contributed by atoms with E-state index >= 15 is 0 Å². The molecule has 1 saturated heterocycles. The van der Waals surface area contributed by atoms with Gasteiger partial charge in [0.05, 0.1) is 18.6 Å². The number of esters is 1. The van der Waals surface area contributed by atoms with Crippen molar-refractivity contribution < 1.29 is 19.4 Å². The van der Waals surface area contributed by atoms with Gasteiger partial charge in [-0.2, -0.15) is 0 Å². The molecule has 2 heterocycles. The normalized spacial score (nSPS) is 28.0. The van der Waals surface area contributed by atoms with Crippen LogP contribution < -0.4 is 4.90 Å². The van der Waals surface area contributed by atoms with Crippen LogP contribution in [0.5, 0.6) is 0 Å². The zero-order valence-corrected chi connectivity index (χ0v) is 15.0. The number of thioether (sulfide) groups is 1. The van der Waals surface area contributed by atoms with E-state index < -0.39 is 5.97 Å². The summed E-state index contributed by atoms with van der Waals surface area (Å²) in [5, 5.41) is 10.5. The Bertz CT molecular complexity index is 692. The molecule has 0 amide bonds. The largest absolute Gasteiger partial charge is 0.478 e. The van der Waals surface area contributed by atoms with Crippen molar-refractivity contribution in [3.63, 3.8) is 0 Å². The summed E-state index contributed by atoms with van der Waals surface area (Å²) >= 11 is 1.61. The second-order valence-corrected chi connectivity index (χ2v) is 8.42. The summed E-state index contributed by atoms with van der Waals surface area (Å²) in [6, 6.07) is 3.46. The molecule has 0 aromatic carbocycles. The third-order valence-corrected chi connectivity index (χ3v) is 6.99. The molecule has 3 atom stereocenters. The number of carbonyl (C=O) groups is 2. The van der Waals surface area contributed by atoms with E-state index in [1.807, 2.05) is 0 Å². The lowest BCUT2D eigenvalue weighted by molar-refractivity contribution is -0.142. The highest BCUT2D eigenvalue weighted by molar-refractivity contribution is 7.99. The van der Waals surface area contributed by atoms with Gasteiger partial charge >= 0.3 is 11.9 Å². The quantitative estimate of drug-likeness (QED) is 0.807. The van der Waals surface area contributed by atoms with E-state index in [1.54, 1.807) is 23.9 Å². The molecule has 3 aliphatic rings. The molecule has 1 aliphatic heterocycles. The highest BCUT2D eigenvalue weighted by Crippen LogP contribution is 2.53. The van der Waals surface area contributed by atoms with Crippen LogP contribution in [0, 0.1) is 17.8 Å². The SMILES string of the molecule is COC(=O)C1[C@H]2CN(c3ccc(C(=O)O)c(SC4CCCC4)n3)C[C@@H]12. The minimum atomic E-state index is -0.922. The maximum Gasteiger partial charge on any atom is 0.338 e. The summed E-state index contributed by atoms with van der Waals surface area (Å²) in [4.78, 5) is 30.0. The number of piperidine rings is 1. The Kier molecular flexibility index (Phi) is 4.35. The van der Waals surface area contributed by atoms with Crippen molar-refractivity contribution >= 4 is 29.5 Å². The number of carboxylic acid groups (broad SMARTS) is 1. The van der Waals surface area contributed by atoms with Crippen molar-refractivity contribution in [3.05, 3.63) is 17.7 Å². The predicted octanol–water partition coefficient (Wildman–Crippen LogP) is 2.67. The Morgan fingerprint density at radius 3 is 2.52 bits per heavy atom. The van der Waals surface area contributed by atoms with Crippen molar-refractivity contribution in [2.45, 2.75) is 36.0 Å². The number of anilines is 1. The average Bonchev–Trinajstić information content (AvgIpc) is 2.99. The van der Waals surface area contributed by atoms with Gasteiger partial charge in [-0.15, -0.1) is 11.8 Å². The lowest BCUT2D eigenvalue weighted by Crippen LogP contribution is -2.27. The van der Waals surface area contributed by atoms with Crippen LogP contribution in [0.2, 0.25) is 0 Å². The minimum absolute atomic E-state index is 0.0341. The van der Waals surface area contributed by atoms with Crippen LogP contribution in [-0.4, -0.2) is 47.5 Å². The van der Waals surface area contributed by atoms with E-state index in [-0.39, 0.29) is 17.5 Å². The molecule has 1 aromatic heterocycles. The molecular formula is C18H22N2O4S. The fraction of sp³-hybridized carbons (Fsp3) is 0.611. The first-order valence-electron chi connectivity index (χ1n) is 8.82. The van der Waals surface area contributed by atoms with Gasteiger partial charge in [0.25, 0.3) is 0 Å². The number of nitrogens with zero attached hydrogens (tertiary/aromatic N) is 2. The monoisotopic (exact) mass is 362 g/mol. The van der Waals surface area contributed by atoms with E-state index in [9.17, 15) is 14.7 Å². The fourth-order valence-corrected chi connectivity index (χ4v) is 5.54. The second kappa shape index (κ2) is 6.52. The molecule has 0 radical (unpaired) electrons. The summed E-state index contributed by atoms with van der Waals surface area (Å²) in [7, 11) is 1.44. The van der Waals surface area contributed by atoms with Gasteiger partial charge in [0, 0.05) is 18.3 Å². The van der Waals surface area contributed by atoms with Crippen molar-refractivity contribution in [2.24, 2.45) is 17.8 Å². The number of fused-ring (bicyclic) bond motifs is 1. The average molecular weight is 362 g/mol. The van der Waals surface area contributed by atoms with Gasteiger partial charge in [-0.1, -0.05) is 12.8 Å². The first-order chi connectivity index (χ1) is 12.1. The highest BCUT2D eigenvalue weighted by atomic mass is 32.2. The van der Waals surface area contributed by atoms with Gasteiger partial charge in [0.1, 0.15) is 10.8 Å². The van der Waals surface area contributed by atoms with Crippen LogP contribution in [0.1, 0.15) is 36.0 Å². The molecule has 6 nitrogen and oxygen atoms in total. The lowest BCUT2D eigenvalue weighted by atomic mass is 10.2. The molecule has 1 unspecified atom stereocenters. The summed E-state index contributed by atoms with van der Waals surface area (Å²) in [5.74, 6) is 0.516. The van der Waals surface area contributed by atoms with Crippen LogP contribution in [0.25, 0.3) is 0 Å². The highest BCUT2D eigenvalue weighted by Gasteiger charge is 2.60. The van der Waals surface area contributed by atoms with Crippen LogP contribution in [-0.2, 0) is 9.53 Å². The van der Waals surface area contributed by atoms with Crippen LogP contribution in [0.3, 0.4) is 0 Å². The van der Waals surface area contributed by atoms with Gasteiger partial charge in [-0.3, -0.25) is 4.79 Å². The van der Waals surface area contributed by atoms with E-state index in [2.05, 4.69) is 9.88 Å². The predicted molar refractivity (Wildman–Crippen MR) is 94.0 cm³/mol. The second-order valence-electron chi connectivity index (χ2n) is 7.13. The van der Waals surface area contributed by atoms with Crippen molar-refractivity contribution in [1.29, 1.82) is 0 Å². The third kappa shape index (κ3) is 3.10. The zero-order valence-electron chi connectivity index (χ0n) is 14.2. The van der Waals surface area contributed by atoms with Crippen LogP contribution in [0.4, 0.5) is 5.82 Å². The van der Waals surface area contributed by atoms with Crippen molar-refractivity contribution in [3.8, 4) is 0 Å². The van der Waals surface area contributed by atoms with Gasteiger partial charge in [-0.05, 0) is 36.8 Å². The molecule has 3 fully saturated rings. The van der Waals surface area contributed by atoms with Crippen molar-refractivity contribution in [1.82, 2.24) is 4.98 Å². The molecule has 2 aliphatic carbocycles.